The van der Waals surface area contributed by atoms with Crippen molar-refractivity contribution in [2.75, 3.05) is 6.54 Å². The second-order valence-corrected chi connectivity index (χ2v) is 6.55. The number of rotatable bonds is 6. The highest BCUT2D eigenvalue weighted by Crippen LogP contribution is 2.15. The number of hydrogen-bond donors (Lipinski definition) is 2. The summed E-state index contributed by atoms with van der Waals surface area (Å²) in [6.07, 6.45) is -0.997. The molecule has 2 N–H and O–H groups in total. The maximum absolute atomic E-state index is 12.5. The summed E-state index contributed by atoms with van der Waals surface area (Å²) in [5.74, 6) is -1.05. The number of carbonyl (C=O) groups excluding carboxylic acids is 2. The molecule has 3 aromatic rings. The van der Waals surface area contributed by atoms with Gasteiger partial charge in [0.2, 0.25) is 0 Å². The van der Waals surface area contributed by atoms with Gasteiger partial charge in [-0.25, -0.2) is 9.89 Å². The Morgan fingerprint density at radius 1 is 1.04 bits per heavy atom. The molecule has 0 aliphatic rings. The molecule has 0 aliphatic carbocycles. The van der Waals surface area contributed by atoms with Crippen LogP contribution in [0, 0.1) is 0 Å². The summed E-state index contributed by atoms with van der Waals surface area (Å²) in [4.78, 5) is 36.6. The number of esters is 1. The Morgan fingerprint density at radius 2 is 1.68 bits per heavy atom. The highest BCUT2D eigenvalue weighted by atomic mass is 16.5. The fourth-order valence-corrected chi connectivity index (χ4v) is 2.84. The summed E-state index contributed by atoms with van der Waals surface area (Å²) in [6.45, 7) is 3.92. The summed E-state index contributed by atoms with van der Waals surface area (Å²) in [7, 11) is 0. The monoisotopic (exact) mass is 379 g/mol. The van der Waals surface area contributed by atoms with Crippen LogP contribution in [0.4, 0.5) is 0 Å². The van der Waals surface area contributed by atoms with E-state index >= 15 is 0 Å². The molecule has 0 bridgehead atoms. The predicted octanol–water partition coefficient (Wildman–Crippen LogP) is 2.39. The second-order valence-electron chi connectivity index (χ2n) is 6.55. The molecule has 28 heavy (non-hydrogen) atoms. The third kappa shape index (κ3) is 4.25. The van der Waals surface area contributed by atoms with Gasteiger partial charge >= 0.3 is 5.97 Å². The van der Waals surface area contributed by atoms with Crippen LogP contribution in [0.1, 0.15) is 35.8 Å². The first kappa shape index (κ1) is 19.3. The molecular weight excluding hydrogens is 358 g/mol. The SMILES string of the molecule is C[C@H](CNC(=O)[C@@H](C)OC(=O)c1n[nH]c(=O)c2ccccc12)c1ccccc1. The van der Waals surface area contributed by atoms with Gasteiger partial charge < -0.3 is 10.1 Å². The quantitative estimate of drug-likeness (QED) is 0.641. The Hall–Kier alpha value is -3.48. The molecule has 0 aliphatic heterocycles. The highest BCUT2D eigenvalue weighted by Gasteiger charge is 2.22. The van der Waals surface area contributed by atoms with Crippen LogP contribution < -0.4 is 10.9 Å². The van der Waals surface area contributed by atoms with Crippen LogP contribution in [-0.2, 0) is 9.53 Å². The number of ether oxygens (including phenoxy) is 1. The number of aromatic amines is 1. The third-order valence-electron chi connectivity index (χ3n) is 4.49. The molecule has 2 atom stereocenters. The first-order chi connectivity index (χ1) is 13.5. The van der Waals surface area contributed by atoms with Gasteiger partial charge in [0.1, 0.15) is 0 Å². The summed E-state index contributed by atoms with van der Waals surface area (Å²) in [5.41, 5.74) is 0.678. The first-order valence-corrected chi connectivity index (χ1v) is 8.98. The van der Waals surface area contributed by atoms with Gasteiger partial charge in [0.25, 0.3) is 11.5 Å². The Bertz CT molecular complexity index is 1050. The lowest BCUT2D eigenvalue weighted by Crippen LogP contribution is -2.37. The fraction of sp³-hybridized carbons (Fsp3) is 0.238. The Kier molecular flexibility index (Phi) is 5.84. The number of nitrogens with zero attached hydrogens (tertiary/aromatic N) is 1. The summed E-state index contributed by atoms with van der Waals surface area (Å²) in [6, 6.07) is 16.4. The lowest BCUT2D eigenvalue weighted by molar-refractivity contribution is -0.129. The Morgan fingerprint density at radius 3 is 2.39 bits per heavy atom. The highest BCUT2D eigenvalue weighted by molar-refractivity contribution is 6.02. The number of H-pyrrole nitrogens is 1. The smallest absolute Gasteiger partial charge is 0.360 e. The van der Waals surface area contributed by atoms with Gasteiger partial charge in [-0.3, -0.25) is 9.59 Å². The van der Waals surface area contributed by atoms with Gasteiger partial charge in [0.05, 0.1) is 5.39 Å². The molecule has 1 aromatic heterocycles. The maximum Gasteiger partial charge on any atom is 0.360 e. The van der Waals surface area contributed by atoms with E-state index < -0.39 is 23.5 Å². The van der Waals surface area contributed by atoms with Crippen LogP contribution in [-0.4, -0.2) is 34.7 Å². The number of amides is 1. The van der Waals surface area contributed by atoms with Crippen molar-refractivity contribution in [3.63, 3.8) is 0 Å². The van der Waals surface area contributed by atoms with Crippen LogP contribution in [0.15, 0.2) is 59.4 Å². The van der Waals surface area contributed by atoms with E-state index in [0.29, 0.717) is 17.3 Å². The van der Waals surface area contributed by atoms with Gasteiger partial charge in [0.15, 0.2) is 11.8 Å². The lowest BCUT2D eigenvalue weighted by Gasteiger charge is -2.16. The maximum atomic E-state index is 12.5. The molecule has 0 radical (unpaired) electrons. The number of carbonyl (C=O) groups is 2. The first-order valence-electron chi connectivity index (χ1n) is 8.98. The number of benzene rings is 2. The molecule has 1 heterocycles. The minimum absolute atomic E-state index is 0.0347. The van der Waals surface area contributed by atoms with Crippen LogP contribution in [0.5, 0.6) is 0 Å². The molecule has 0 saturated carbocycles. The van der Waals surface area contributed by atoms with E-state index in [9.17, 15) is 14.4 Å². The minimum Gasteiger partial charge on any atom is -0.448 e. The van der Waals surface area contributed by atoms with Crippen molar-refractivity contribution in [1.82, 2.24) is 15.5 Å². The summed E-state index contributed by atoms with van der Waals surface area (Å²) < 4.78 is 5.25. The van der Waals surface area contributed by atoms with Gasteiger partial charge in [-0.15, -0.1) is 0 Å². The third-order valence-corrected chi connectivity index (χ3v) is 4.49. The largest absolute Gasteiger partial charge is 0.448 e. The van der Waals surface area contributed by atoms with Gasteiger partial charge in [-0.1, -0.05) is 55.5 Å². The van der Waals surface area contributed by atoms with Crippen molar-refractivity contribution in [2.45, 2.75) is 25.9 Å². The van der Waals surface area contributed by atoms with E-state index in [2.05, 4.69) is 15.5 Å². The summed E-state index contributed by atoms with van der Waals surface area (Å²) in [5, 5.41) is 9.56. The zero-order valence-corrected chi connectivity index (χ0v) is 15.6. The standard InChI is InChI=1S/C21H21N3O4/c1-13(15-8-4-3-5-9-15)12-22-19(25)14(2)28-21(27)18-16-10-6-7-11-17(16)20(26)24-23-18/h3-11,13-14H,12H2,1-2H3,(H,22,25)(H,24,26)/t13-,14-/m1/s1. The number of fused-ring (bicyclic) bond motifs is 1. The van der Waals surface area contributed by atoms with E-state index in [-0.39, 0.29) is 11.6 Å². The average Bonchev–Trinajstić information content (AvgIpc) is 2.72. The number of aromatic nitrogens is 2. The van der Waals surface area contributed by atoms with Crippen LogP contribution in [0.2, 0.25) is 0 Å². The predicted molar refractivity (Wildman–Crippen MR) is 105 cm³/mol. The van der Waals surface area contributed by atoms with Crippen molar-refractivity contribution in [3.05, 3.63) is 76.2 Å². The lowest BCUT2D eigenvalue weighted by atomic mass is 10.0. The average molecular weight is 379 g/mol. The van der Waals surface area contributed by atoms with E-state index in [1.165, 1.54) is 6.92 Å². The van der Waals surface area contributed by atoms with Crippen LogP contribution in [0.3, 0.4) is 0 Å². The second kappa shape index (κ2) is 8.47. The molecule has 3 rings (SSSR count). The molecule has 144 valence electrons. The van der Waals surface area contributed by atoms with Gasteiger partial charge in [-0.05, 0) is 24.5 Å². The topological polar surface area (TPSA) is 101 Å². The van der Waals surface area contributed by atoms with E-state index in [1.54, 1.807) is 24.3 Å². The normalized spacial score (nSPS) is 12.9. The minimum atomic E-state index is -0.997. The molecule has 0 fully saturated rings. The van der Waals surface area contributed by atoms with Crippen molar-refractivity contribution < 1.29 is 14.3 Å². The van der Waals surface area contributed by atoms with Crippen molar-refractivity contribution in [2.24, 2.45) is 0 Å². The Balaban J connectivity index is 1.63. The summed E-state index contributed by atoms with van der Waals surface area (Å²) >= 11 is 0. The van der Waals surface area contributed by atoms with E-state index in [1.807, 2.05) is 37.3 Å². The fourth-order valence-electron chi connectivity index (χ4n) is 2.84. The number of hydrogen-bond acceptors (Lipinski definition) is 5. The molecule has 2 aromatic carbocycles. The van der Waals surface area contributed by atoms with Gasteiger partial charge in [0, 0.05) is 11.9 Å². The van der Waals surface area contributed by atoms with Crippen molar-refractivity contribution >= 4 is 22.6 Å². The van der Waals surface area contributed by atoms with Crippen molar-refractivity contribution in [1.29, 1.82) is 0 Å². The molecule has 0 saturated heterocycles. The van der Waals surface area contributed by atoms with Gasteiger partial charge in [-0.2, -0.15) is 5.10 Å². The molecule has 7 nitrogen and oxygen atoms in total. The molecule has 7 heteroatoms. The molecule has 0 spiro atoms. The zero-order valence-electron chi connectivity index (χ0n) is 15.6. The zero-order chi connectivity index (χ0) is 20.1. The molecule has 1 amide bonds. The van der Waals surface area contributed by atoms with Crippen molar-refractivity contribution in [3.8, 4) is 0 Å². The van der Waals surface area contributed by atoms with Crippen LogP contribution >= 0.6 is 0 Å². The Labute approximate surface area is 161 Å². The van der Waals surface area contributed by atoms with E-state index in [0.717, 1.165) is 5.56 Å². The van der Waals surface area contributed by atoms with Crippen LogP contribution in [0.25, 0.3) is 10.8 Å². The molecular formula is C21H21N3O4. The molecule has 0 unspecified atom stereocenters. The number of nitrogens with one attached hydrogen (secondary N) is 2. The van der Waals surface area contributed by atoms with E-state index in [4.69, 9.17) is 4.74 Å².